The van der Waals surface area contributed by atoms with Crippen molar-refractivity contribution in [2.75, 3.05) is 17.7 Å². The number of aliphatic hydroxyl groups excluding tert-OH is 1. The van der Waals surface area contributed by atoms with Crippen molar-refractivity contribution in [1.29, 1.82) is 0 Å². The Balaban J connectivity index is 1.43. The molecule has 3 heterocycles. The van der Waals surface area contributed by atoms with Crippen LogP contribution >= 0.6 is 0 Å². The Morgan fingerprint density at radius 2 is 2.09 bits per heavy atom. The smallest absolute Gasteiger partial charge is 0.274 e. The highest BCUT2D eigenvalue weighted by Crippen LogP contribution is 2.44. The molecule has 186 valence electrons. The van der Waals surface area contributed by atoms with Crippen LogP contribution in [0.15, 0.2) is 35.4 Å². The van der Waals surface area contributed by atoms with Crippen LogP contribution in [0.5, 0.6) is 0 Å². The standard InChI is InChI=1S/C23H27F2N7O3/c1-26-19-9-18(29-17-6-3-7-31(22(17)35)14-10-23(24,25)11-14)30-20-16(12-27-32(19)20)21(34)28-13-4-2-5-15(33)8-13/h3,6-7,9,12-15,26,33H,2,4-5,8,10-11H2,1H3,(H,28,34)(H,29,30)/t13?,15-/m0/s1. The molecule has 1 unspecified atom stereocenters. The Kier molecular flexibility index (Phi) is 5.91. The number of rotatable bonds is 6. The van der Waals surface area contributed by atoms with Gasteiger partial charge in [-0.15, -0.1) is 0 Å². The monoisotopic (exact) mass is 487 g/mol. The molecular formula is C23H27F2N7O3. The number of carbonyl (C=O) groups excluding carboxylic acids is 1. The number of pyridine rings is 1. The zero-order valence-corrected chi connectivity index (χ0v) is 19.2. The fourth-order valence-corrected chi connectivity index (χ4v) is 4.78. The zero-order valence-electron chi connectivity index (χ0n) is 19.2. The number of aliphatic hydroxyl groups is 1. The van der Waals surface area contributed by atoms with E-state index in [1.54, 1.807) is 25.2 Å². The van der Waals surface area contributed by atoms with Crippen LogP contribution < -0.4 is 21.5 Å². The molecule has 2 aliphatic rings. The summed E-state index contributed by atoms with van der Waals surface area (Å²) < 4.78 is 29.4. The normalized spacial score (nSPS) is 21.9. The highest BCUT2D eigenvalue weighted by molar-refractivity contribution is 6.00. The quantitative estimate of drug-likeness (QED) is 0.421. The van der Waals surface area contributed by atoms with Crippen LogP contribution in [0.25, 0.3) is 5.65 Å². The van der Waals surface area contributed by atoms with Gasteiger partial charge in [0.25, 0.3) is 17.4 Å². The molecule has 0 spiro atoms. The number of nitrogens with one attached hydrogen (secondary N) is 3. The second kappa shape index (κ2) is 8.91. The molecule has 0 bridgehead atoms. The maximum absolute atomic E-state index is 13.3. The molecule has 2 aliphatic carbocycles. The molecule has 2 atom stereocenters. The second-order valence-corrected chi connectivity index (χ2v) is 9.24. The van der Waals surface area contributed by atoms with Crippen molar-refractivity contribution in [2.45, 2.75) is 62.6 Å². The maximum atomic E-state index is 13.3. The van der Waals surface area contributed by atoms with Gasteiger partial charge in [-0.1, -0.05) is 0 Å². The van der Waals surface area contributed by atoms with Crippen LogP contribution in [0, 0.1) is 0 Å². The average molecular weight is 488 g/mol. The molecule has 3 aromatic heterocycles. The third kappa shape index (κ3) is 4.57. The minimum atomic E-state index is -2.74. The van der Waals surface area contributed by atoms with E-state index in [1.807, 2.05) is 0 Å². The molecule has 2 fully saturated rings. The van der Waals surface area contributed by atoms with E-state index in [-0.39, 0.29) is 41.7 Å². The van der Waals surface area contributed by atoms with E-state index in [4.69, 9.17) is 0 Å². The minimum Gasteiger partial charge on any atom is -0.393 e. The van der Waals surface area contributed by atoms with Crippen molar-refractivity contribution in [3.63, 3.8) is 0 Å². The molecule has 0 aromatic carbocycles. The van der Waals surface area contributed by atoms with Crippen LogP contribution in [0.2, 0.25) is 0 Å². The van der Waals surface area contributed by atoms with E-state index in [2.05, 4.69) is 26.0 Å². The summed E-state index contributed by atoms with van der Waals surface area (Å²) in [5, 5.41) is 23.1. The topological polar surface area (TPSA) is 126 Å². The zero-order chi connectivity index (χ0) is 24.7. The van der Waals surface area contributed by atoms with Gasteiger partial charge in [0.15, 0.2) is 5.65 Å². The SMILES string of the molecule is CNc1cc(Nc2cccn(C3CC(F)(F)C3)c2=O)nc2c(C(=O)NC3CCC[C@H](O)C3)cnn12. The van der Waals surface area contributed by atoms with Gasteiger partial charge in [0.05, 0.1) is 12.3 Å². The summed E-state index contributed by atoms with van der Waals surface area (Å²) >= 11 is 0. The number of anilines is 3. The summed E-state index contributed by atoms with van der Waals surface area (Å²) in [5.41, 5.74) is 0.293. The number of nitrogens with zero attached hydrogens (tertiary/aromatic N) is 4. The lowest BCUT2D eigenvalue weighted by molar-refractivity contribution is -0.104. The van der Waals surface area contributed by atoms with E-state index in [1.165, 1.54) is 21.5 Å². The number of carbonyl (C=O) groups is 1. The molecule has 3 aromatic rings. The predicted molar refractivity (Wildman–Crippen MR) is 125 cm³/mol. The summed E-state index contributed by atoms with van der Waals surface area (Å²) in [7, 11) is 1.69. The first-order valence-electron chi connectivity index (χ1n) is 11.7. The first kappa shape index (κ1) is 23.2. The van der Waals surface area contributed by atoms with Gasteiger partial charge in [-0.25, -0.2) is 13.8 Å². The fourth-order valence-electron chi connectivity index (χ4n) is 4.78. The highest BCUT2D eigenvalue weighted by atomic mass is 19.3. The summed E-state index contributed by atoms with van der Waals surface area (Å²) in [6.45, 7) is 0. The van der Waals surface area contributed by atoms with Crippen LogP contribution in [0.4, 0.5) is 26.1 Å². The molecule has 0 aliphatic heterocycles. The van der Waals surface area contributed by atoms with Gasteiger partial charge in [0, 0.05) is 44.2 Å². The summed E-state index contributed by atoms with van der Waals surface area (Å²) in [6, 6.07) is 4.12. The highest BCUT2D eigenvalue weighted by Gasteiger charge is 2.46. The van der Waals surface area contributed by atoms with Gasteiger partial charge >= 0.3 is 0 Å². The number of hydrogen-bond acceptors (Lipinski definition) is 7. The Morgan fingerprint density at radius 3 is 2.80 bits per heavy atom. The minimum absolute atomic E-state index is 0.132. The molecule has 5 rings (SSSR count). The van der Waals surface area contributed by atoms with E-state index >= 15 is 0 Å². The molecule has 12 heteroatoms. The first-order chi connectivity index (χ1) is 16.7. The summed E-state index contributed by atoms with van der Waals surface area (Å²) in [5.74, 6) is -2.27. The van der Waals surface area contributed by atoms with E-state index in [9.17, 15) is 23.5 Å². The molecular weight excluding hydrogens is 460 g/mol. The predicted octanol–water partition coefficient (Wildman–Crippen LogP) is 2.68. The van der Waals surface area contributed by atoms with Crippen LogP contribution in [0.1, 0.15) is 54.9 Å². The largest absolute Gasteiger partial charge is 0.393 e. The van der Waals surface area contributed by atoms with Crippen LogP contribution in [-0.2, 0) is 0 Å². The molecule has 0 saturated heterocycles. The van der Waals surface area contributed by atoms with Crippen molar-refractivity contribution < 1.29 is 18.7 Å². The Bertz CT molecular complexity index is 1310. The fraction of sp³-hybridized carbons (Fsp3) is 0.478. The van der Waals surface area contributed by atoms with Crippen molar-refractivity contribution in [2.24, 2.45) is 0 Å². The number of fused-ring (bicyclic) bond motifs is 1. The van der Waals surface area contributed by atoms with E-state index in [0.29, 0.717) is 18.1 Å². The van der Waals surface area contributed by atoms with Crippen LogP contribution in [0.3, 0.4) is 0 Å². The van der Waals surface area contributed by atoms with Gasteiger partial charge in [-0.05, 0) is 37.8 Å². The first-order valence-corrected chi connectivity index (χ1v) is 11.7. The van der Waals surface area contributed by atoms with Gasteiger partial charge in [-0.2, -0.15) is 9.61 Å². The third-order valence-corrected chi connectivity index (χ3v) is 6.65. The lowest BCUT2D eigenvalue weighted by Crippen LogP contribution is -2.41. The van der Waals surface area contributed by atoms with Crippen molar-refractivity contribution >= 4 is 28.9 Å². The summed E-state index contributed by atoms with van der Waals surface area (Å²) in [4.78, 5) is 30.4. The van der Waals surface area contributed by atoms with E-state index < -0.39 is 23.6 Å². The van der Waals surface area contributed by atoms with Gasteiger partial charge in [0.2, 0.25) is 0 Å². The van der Waals surface area contributed by atoms with E-state index in [0.717, 1.165) is 19.3 Å². The van der Waals surface area contributed by atoms with Crippen molar-refractivity contribution in [3.05, 3.63) is 46.5 Å². The Labute approximate surface area is 199 Å². The molecule has 0 radical (unpaired) electrons. The lowest BCUT2D eigenvalue weighted by atomic mass is 9.88. The molecule has 10 nitrogen and oxygen atoms in total. The molecule has 35 heavy (non-hydrogen) atoms. The van der Waals surface area contributed by atoms with Crippen LogP contribution in [-0.4, -0.2) is 55.3 Å². The number of amides is 1. The van der Waals surface area contributed by atoms with Crippen molar-refractivity contribution in [3.8, 4) is 0 Å². The number of aromatic nitrogens is 4. The van der Waals surface area contributed by atoms with Crippen molar-refractivity contribution in [1.82, 2.24) is 24.5 Å². The Hall–Kier alpha value is -3.54. The van der Waals surface area contributed by atoms with Gasteiger partial charge in [-0.3, -0.25) is 9.59 Å². The average Bonchev–Trinajstić information content (AvgIpc) is 3.22. The summed E-state index contributed by atoms with van der Waals surface area (Å²) in [6.07, 6.45) is 4.63. The molecule has 1 amide bonds. The Morgan fingerprint density at radius 1 is 1.29 bits per heavy atom. The number of hydrogen-bond donors (Lipinski definition) is 4. The second-order valence-electron chi connectivity index (χ2n) is 9.24. The number of halogens is 2. The third-order valence-electron chi connectivity index (χ3n) is 6.65. The maximum Gasteiger partial charge on any atom is 0.274 e. The lowest BCUT2D eigenvalue weighted by Gasteiger charge is -2.36. The van der Waals surface area contributed by atoms with Gasteiger partial charge < -0.3 is 25.6 Å². The molecule has 4 N–H and O–H groups in total. The van der Waals surface area contributed by atoms with Gasteiger partial charge in [0.1, 0.15) is 22.9 Å². The molecule has 2 saturated carbocycles. The number of alkyl halides is 2.